The van der Waals surface area contributed by atoms with E-state index in [4.69, 9.17) is 11.6 Å². The number of nitrogens with zero attached hydrogens (tertiary/aromatic N) is 2. The highest BCUT2D eigenvalue weighted by Crippen LogP contribution is 2.28. The lowest BCUT2D eigenvalue weighted by Gasteiger charge is -2.14. The van der Waals surface area contributed by atoms with Gasteiger partial charge in [-0.1, -0.05) is 24.6 Å². The summed E-state index contributed by atoms with van der Waals surface area (Å²) in [6, 6.07) is 4.81. The summed E-state index contributed by atoms with van der Waals surface area (Å²) in [6.45, 7) is 4.75. The van der Waals surface area contributed by atoms with Gasteiger partial charge < -0.3 is 10.6 Å². The van der Waals surface area contributed by atoms with E-state index in [1.54, 1.807) is 12.1 Å². The average molecular weight is 295 g/mol. The molecule has 1 aromatic carbocycles. The standard InChI is InChI=1S/C14H16ClFN4/c1-3-9-13(17-4-2)18-8-19-14(9)20-11-7-5-6-10(15)12(11)16/h5-8H,3-4H2,1-2H3,(H2,17,18,19,20). The summed E-state index contributed by atoms with van der Waals surface area (Å²) < 4.78 is 13.9. The van der Waals surface area contributed by atoms with Gasteiger partial charge in [-0.05, 0) is 25.5 Å². The van der Waals surface area contributed by atoms with Crippen LogP contribution in [-0.4, -0.2) is 16.5 Å². The summed E-state index contributed by atoms with van der Waals surface area (Å²) in [7, 11) is 0. The molecule has 0 aliphatic carbocycles. The first-order chi connectivity index (χ1) is 9.67. The Hall–Kier alpha value is -1.88. The Balaban J connectivity index is 2.38. The number of aromatic nitrogens is 2. The molecule has 0 radical (unpaired) electrons. The molecule has 0 unspecified atom stereocenters. The van der Waals surface area contributed by atoms with Crippen LogP contribution in [0.2, 0.25) is 5.02 Å². The molecule has 2 aromatic rings. The number of hydrogen-bond donors (Lipinski definition) is 2. The van der Waals surface area contributed by atoms with E-state index in [1.807, 2.05) is 13.8 Å². The highest BCUT2D eigenvalue weighted by atomic mass is 35.5. The number of nitrogens with one attached hydrogen (secondary N) is 2. The predicted molar refractivity (Wildman–Crippen MR) is 80.3 cm³/mol. The molecule has 0 aliphatic rings. The van der Waals surface area contributed by atoms with Crippen molar-refractivity contribution in [1.29, 1.82) is 0 Å². The lowest BCUT2D eigenvalue weighted by molar-refractivity contribution is 0.632. The minimum atomic E-state index is -0.486. The van der Waals surface area contributed by atoms with Crippen molar-refractivity contribution in [2.24, 2.45) is 0 Å². The smallest absolute Gasteiger partial charge is 0.165 e. The quantitative estimate of drug-likeness (QED) is 0.875. The zero-order valence-electron chi connectivity index (χ0n) is 11.4. The first kappa shape index (κ1) is 14.5. The van der Waals surface area contributed by atoms with Gasteiger partial charge in [-0.15, -0.1) is 0 Å². The van der Waals surface area contributed by atoms with E-state index in [2.05, 4.69) is 20.6 Å². The third-order valence-electron chi connectivity index (χ3n) is 2.85. The van der Waals surface area contributed by atoms with E-state index in [9.17, 15) is 4.39 Å². The van der Waals surface area contributed by atoms with Crippen molar-refractivity contribution >= 4 is 28.9 Å². The minimum absolute atomic E-state index is 0.0778. The molecule has 0 fully saturated rings. The molecule has 0 aliphatic heterocycles. The molecule has 106 valence electrons. The van der Waals surface area contributed by atoms with E-state index in [0.717, 1.165) is 24.3 Å². The Labute approximate surface area is 122 Å². The Morgan fingerprint density at radius 2 is 1.95 bits per heavy atom. The van der Waals surface area contributed by atoms with Gasteiger partial charge >= 0.3 is 0 Å². The number of benzene rings is 1. The van der Waals surface area contributed by atoms with Gasteiger partial charge in [0.15, 0.2) is 5.82 Å². The summed E-state index contributed by atoms with van der Waals surface area (Å²) in [5, 5.41) is 6.23. The number of anilines is 3. The van der Waals surface area contributed by atoms with Crippen molar-refractivity contribution in [1.82, 2.24) is 9.97 Å². The zero-order valence-corrected chi connectivity index (χ0v) is 12.1. The maximum Gasteiger partial charge on any atom is 0.165 e. The second kappa shape index (κ2) is 6.52. The van der Waals surface area contributed by atoms with Gasteiger partial charge in [0.05, 0.1) is 10.7 Å². The highest BCUT2D eigenvalue weighted by Gasteiger charge is 2.12. The lowest BCUT2D eigenvalue weighted by atomic mass is 10.2. The molecular weight excluding hydrogens is 279 g/mol. The van der Waals surface area contributed by atoms with Gasteiger partial charge in [0.1, 0.15) is 18.0 Å². The molecular formula is C14H16ClFN4. The van der Waals surface area contributed by atoms with Crippen LogP contribution < -0.4 is 10.6 Å². The second-order valence-corrected chi connectivity index (χ2v) is 4.57. The van der Waals surface area contributed by atoms with Crippen molar-refractivity contribution < 1.29 is 4.39 Å². The summed E-state index contributed by atoms with van der Waals surface area (Å²) >= 11 is 5.77. The van der Waals surface area contributed by atoms with E-state index < -0.39 is 5.82 Å². The lowest BCUT2D eigenvalue weighted by Crippen LogP contribution is -2.08. The first-order valence-electron chi connectivity index (χ1n) is 6.46. The second-order valence-electron chi connectivity index (χ2n) is 4.16. The maximum atomic E-state index is 13.9. The Morgan fingerprint density at radius 3 is 2.65 bits per heavy atom. The number of rotatable bonds is 5. The number of halogens is 2. The van der Waals surface area contributed by atoms with Crippen LogP contribution in [0.1, 0.15) is 19.4 Å². The zero-order chi connectivity index (χ0) is 14.5. The topological polar surface area (TPSA) is 49.8 Å². The molecule has 1 heterocycles. The predicted octanol–water partition coefficient (Wildman–Crippen LogP) is 4.01. The monoisotopic (exact) mass is 294 g/mol. The van der Waals surface area contributed by atoms with Crippen molar-refractivity contribution in [2.75, 3.05) is 17.2 Å². The molecule has 2 N–H and O–H groups in total. The fraction of sp³-hybridized carbons (Fsp3) is 0.286. The molecule has 6 heteroatoms. The molecule has 0 saturated carbocycles. The van der Waals surface area contributed by atoms with Crippen molar-refractivity contribution in [2.45, 2.75) is 20.3 Å². The number of hydrogen-bond acceptors (Lipinski definition) is 4. The Bertz CT molecular complexity index is 604. The van der Waals surface area contributed by atoms with Crippen LogP contribution in [-0.2, 0) is 6.42 Å². The van der Waals surface area contributed by atoms with Gasteiger partial charge in [0, 0.05) is 12.1 Å². The van der Waals surface area contributed by atoms with Crippen LogP contribution in [0.5, 0.6) is 0 Å². The Morgan fingerprint density at radius 1 is 1.20 bits per heavy atom. The highest BCUT2D eigenvalue weighted by molar-refractivity contribution is 6.31. The van der Waals surface area contributed by atoms with Gasteiger partial charge in [-0.3, -0.25) is 0 Å². The van der Waals surface area contributed by atoms with E-state index in [0.29, 0.717) is 11.5 Å². The summed E-state index contributed by atoms with van der Waals surface area (Å²) in [4.78, 5) is 8.39. The summed E-state index contributed by atoms with van der Waals surface area (Å²) in [5.41, 5.74) is 1.21. The third-order valence-corrected chi connectivity index (χ3v) is 3.14. The molecule has 0 atom stereocenters. The van der Waals surface area contributed by atoms with Crippen LogP contribution in [0.25, 0.3) is 0 Å². The molecule has 0 bridgehead atoms. The fourth-order valence-corrected chi connectivity index (χ4v) is 2.08. The normalized spacial score (nSPS) is 10.4. The van der Waals surface area contributed by atoms with E-state index >= 15 is 0 Å². The van der Waals surface area contributed by atoms with Crippen LogP contribution in [0, 0.1) is 5.82 Å². The first-order valence-corrected chi connectivity index (χ1v) is 6.83. The Kier molecular flexibility index (Phi) is 4.74. The molecule has 1 aromatic heterocycles. The maximum absolute atomic E-state index is 13.9. The van der Waals surface area contributed by atoms with Crippen molar-refractivity contribution in [3.05, 3.63) is 40.9 Å². The van der Waals surface area contributed by atoms with Crippen LogP contribution >= 0.6 is 11.6 Å². The fourth-order valence-electron chi connectivity index (χ4n) is 1.90. The van der Waals surface area contributed by atoms with Gasteiger partial charge in [0.2, 0.25) is 0 Å². The van der Waals surface area contributed by atoms with E-state index in [1.165, 1.54) is 12.4 Å². The van der Waals surface area contributed by atoms with E-state index in [-0.39, 0.29) is 5.02 Å². The molecule has 0 amide bonds. The SMILES string of the molecule is CCNc1ncnc(Nc2cccc(Cl)c2F)c1CC. The molecule has 2 rings (SSSR count). The molecule has 0 saturated heterocycles. The van der Waals surface area contributed by atoms with Gasteiger partial charge in [0.25, 0.3) is 0 Å². The summed E-state index contributed by atoms with van der Waals surface area (Å²) in [6.07, 6.45) is 2.18. The van der Waals surface area contributed by atoms with Crippen LogP contribution in [0.4, 0.5) is 21.7 Å². The van der Waals surface area contributed by atoms with Crippen molar-refractivity contribution in [3.8, 4) is 0 Å². The third kappa shape index (κ3) is 2.99. The van der Waals surface area contributed by atoms with Crippen molar-refractivity contribution in [3.63, 3.8) is 0 Å². The molecule has 0 spiro atoms. The minimum Gasteiger partial charge on any atom is -0.370 e. The van der Waals surface area contributed by atoms with Gasteiger partial charge in [-0.25, -0.2) is 14.4 Å². The average Bonchev–Trinajstić information content (AvgIpc) is 2.44. The van der Waals surface area contributed by atoms with Crippen LogP contribution in [0.3, 0.4) is 0 Å². The summed E-state index contributed by atoms with van der Waals surface area (Å²) in [5.74, 6) is 0.856. The largest absolute Gasteiger partial charge is 0.370 e. The van der Waals surface area contributed by atoms with Gasteiger partial charge in [-0.2, -0.15) is 0 Å². The molecule has 20 heavy (non-hydrogen) atoms. The van der Waals surface area contributed by atoms with Crippen LogP contribution in [0.15, 0.2) is 24.5 Å². The molecule has 4 nitrogen and oxygen atoms in total.